The molecular weight excluding hydrogens is 240 g/mol. The summed E-state index contributed by atoms with van der Waals surface area (Å²) < 4.78 is 25.9. The molecule has 18 heavy (non-hydrogen) atoms. The molecule has 2 aromatic rings. The van der Waals surface area contributed by atoms with E-state index < -0.39 is 17.6 Å². The van der Waals surface area contributed by atoms with Crippen molar-refractivity contribution in [2.45, 2.75) is 0 Å². The minimum atomic E-state index is -1.17. The third-order valence-electron chi connectivity index (χ3n) is 2.54. The molecule has 0 fully saturated rings. The Balaban J connectivity index is 2.54. The van der Waals surface area contributed by atoms with Crippen LogP contribution < -0.4 is 5.73 Å². The third kappa shape index (κ3) is 2.15. The van der Waals surface area contributed by atoms with E-state index in [0.29, 0.717) is 11.1 Å². The first kappa shape index (κ1) is 12.0. The van der Waals surface area contributed by atoms with E-state index in [0.717, 1.165) is 12.1 Å². The van der Waals surface area contributed by atoms with Gasteiger partial charge in [0.1, 0.15) is 0 Å². The monoisotopic (exact) mass is 249 g/mol. The average molecular weight is 249 g/mol. The maximum absolute atomic E-state index is 13.1. The fourth-order valence-electron chi connectivity index (χ4n) is 1.60. The molecule has 0 atom stereocenters. The molecule has 0 spiro atoms. The Kier molecular flexibility index (Phi) is 2.97. The van der Waals surface area contributed by atoms with Crippen molar-refractivity contribution in [2.24, 2.45) is 0 Å². The summed E-state index contributed by atoms with van der Waals surface area (Å²) in [5.41, 5.74) is 6.40. The highest BCUT2D eigenvalue weighted by atomic mass is 19.2. The number of hydrogen-bond donors (Lipinski definition) is 2. The minimum absolute atomic E-state index is 0.0720. The van der Waals surface area contributed by atoms with Crippen molar-refractivity contribution in [3.63, 3.8) is 0 Å². The Morgan fingerprint density at radius 2 is 1.61 bits per heavy atom. The predicted molar refractivity (Wildman–Crippen MR) is 63.2 cm³/mol. The van der Waals surface area contributed by atoms with Crippen molar-refractivity contribution in [2.75, 3.05) is 5.73 Å². The molecule has 2 aromatic carbocycles. The molecule has 3 N–H and O–H groups in total. The lowest BCUT2D eigenvalue weighted by atomic mass is 10.0. The summed E-state index contributed by atoms with van der Waals surface area (Å²) in [6.45, 7) is 0. The van der Waals surface area contributed by atoms with Crippen LogP contribution in [-0.4, -0.2) is 11.1 Å². The summed E-state index contributed by atoms with van der Waals surface area (Å²) in [6, 6.07) is 7.66. The van der Waals surface area contributed by atoms with E-state index in [1.807, 2.05) is 0 Å². The quantitative estimate of drug-likeness (QED) is 0.804. The molecule has 3 nitrogen and oxygen atoms in total. The lowest BCUT2D eigenvalue weighted by Gasteiger charge is -2.06. The molecule has 0 aliphatic carbocycles. The van der Waals surface area contributed by atoms with Gasteiger partial charge in [-0.25, -0.2) is 13.6 Å². The lowest BCUT2D eigenvalue weighted by Crippen LogP contribution is -2.02. The zero-order chi connectivity index (χ0) is 13.3. The van der Waals surface area contributed by atoms with E-state index in [4.69, 9.17) is 10.8 Å². The predicted octanol–water partition coefficient (Wildman–Crippen LogP) is 2.91. The van der Waals surface area contributed by atoms with Gasteiger partial charge in [-0.3, -0.25) is 0 Å². The van der Waals surface area contributed by atoms with Gasteiger partial charge in [0.25, 0.3) is 0 Å². The molecule has 0 unspecified atom stereocenters. The van der Waals surface area contributed by atoms with Gasteiger partial charge in [0.05, 0.1) is 5.56 Å². The van der Waals surface area contributed by atoms with Crippen LogP contribution in [0.4, 0.5) is 14.5 Å². The number of rotatable bonds is 2. The molecule has 0 aromatic heterocycles. The number of anilines is 1. The summed E-state index contributed by atoms with van der Waals surface area (Å²) in [4.78, 5) is 10.9. The van der Waals surface area contributed by atoms with Crippen LogP contribution >= 0.6 is 0 Å². The molecule has 0 radical (unpaired) electrons. The Hall–Kier alpha value is -2.43. The largest absolute Gasteiger partial charge is 0.478 e. The molecule has 0 saturated carbocycles. The second kappa shape index (κ2) is 4.44. The van der Waals surface area contributed by atoms with Gasteiger partial charge in [-0.15, -0.1) is 0 Å². The molecule has 92 valence electrons. The minimum Gasteiger partial charge on any atom is -0.478 e. The van der Waals surface area contributed by atoms with Crippen LogP contribution in [0, 0.1) is 11.6 Å². The van der Waals surface area contributed by atoms with Crippen LogP contribution in [0.15, 0.2) is 36.4 Å². The van der Waals surface area contributed by atoms with Crippen LogP contribution in [0.2, 0.25) is 0 Å². The molecule has 0 heterocycles. The highest BCUT2D eigenvalue weighted by molar-refractivity contribution is 5.95. The van der Waals surface area contributed by atoms with Crippen LogP contribution in [0.1, 0.15) is 10.4 Å². The number of benzene rings is 2. The molecule has 5 heteroatoms. The first-order chi connectivity index (χ1) is 8.49. The topological polar surface area (TPSA) is 63.3 Å². The smallest absolute Gasteiger partial charge is 0.337 e. The van der Waals surface area contributed by atoms with Gasteiger partial charge >= 0.3 is 5.97 Å². The fraction of sp³-hybridized carbons (Fsp3) is 0. The van der Waals surface area contributed by atoms with Gasteiger partial charge in [-0.2, -0.15) is 0 Å². The number of carboxylic acids is 1. The molecule has 0 aliphatic rings. The Labute approximate surface area is 101 Å². The number of nitrogen functional groups attached to an aromatic ring is 1. The van der Waals surface area contributed by atoms with Crippen molar-refractivity contribution in [1.29, 1.82) is 0 Å². The average Bonchev–Trinajstić information content (AvgIpc) is 2.33. The van der Waals surface area contributed by atoms with Crippen LogP contribution in [-0.2, 0) is 0 Å². The van der Waals surface area contributed by atoms with Crippen molar-refractivity contribution < 1.29 is 18.7 Å². The molecule has 2 rings (SSSR count). The standard InChI is InChI=1S/C13H9F2NO2/c14-10-3-1-8(6-11(10)15)7-2-4-12(16)9(5-7)13(17)18/h1-6H,16H2,(H,17,18). The van der Waals surface area contributed by atoms with E-state index in [9.17, 15) is 13.6 Å². The van der Waals surface area contributed by atoms with Gasteiger partial charge in [-0.1, -0.05) is 12.1 Å². The second-order valence-electron chi connectivity index (χ2n) is 3.74. The first-order valence-electron chi connectivity index (χ1n) is 5.07. The number of carbonyl (C=O) groups is 1. The van der Waals surface area contributed by atoms with E-state index in [1.54, 1.807) is 6.07 Å². The van der Waals surface area contributed by atoms with Crippen molar-refractivity contribution in [3.05, 3.63) is 53.6 Å². The molecule has 0 saturated heterocycles. The summed E-state index contributed by atoms with van der Waals surface area (Å²) in [5.74, 6) is -3.11. The van der Waals surface area contributed by atoms with Crippen LogP contribution in [0.25, 0.3) is 11.1 Å². The lowest BCUT2D eigenvalue weighted by molar-refractivity contribution is 0.0698. The third-order valence-corrected chi connectivity index (χ3v) is 2.54. The molecule has 0 bridgehead atoms. The Morgan fingerprint density at radius 3 is 2.22 bits per heavy atom. The van der Waals surface area contributed by atoms with Gasteiger partial charge in [0, 0.05) is 5.69 Å². The summed E-state index contributed by atoms with van der Waals surface area (Å²) in [6.07, 6.45) is 0. The van der Waals surface area contributed by atoms with Gasteiger partial charge < -0.3 is 10.8 Å². The van der Waals surface area contributed by atoms with Crippen molar-refractivity contribution in [3.8, 4) is 11.1 Å². The highest BCUT2D eigenvalue weighted by Gasteiger charge is 2.10. The van der Waals surface area contributed by atoms with Gasteiger partial charge in [0.15, 0.2) is 11.6 Å². The molecule has 0 amide bonds. The number of halogens is 2. The van der Waals surface area contributed by atoms with E-state index >= 15 is 0 Å². The zero-order valence-corrected chi connectivity index (χ0v) is 9.15. The summed E-state index contributed by atoms with van der Waals surface area (Å²) in [5, 5.41) is 8.92. The number of nitrogens with two attached hydrogens (primary N) is 1. The second-order valence-corrected chi connectivity index (χ2v) is 3.74. The van der Waals surface area contributed by atoms with Gasteiger partial charge in [-0.05, 0) is 35.4 Å². The number of aromatic carboxylic acids is 1. The van der Waals surface area contributed by atoms with E-state index in [1.165, 1.54) is 18.2 Å². The number of hydrogen-bond acceptors (Lipinski definition) is 2. The van der Waals surface area contributed by atoms with Crippen molar-refractivity contribution >= 4 is 11.7 Å². The van der Waals surface area contributed by atoms with Gasteiger partial charge in [0.2, 0.25) is 0 Å². The maximum atomic E-state index is 13.1. The summed E-state index contributed by atoms with van der Waals surface area (Å²) in [7, 11) is 0. The molecule has 0 aliphatic heterocycles. The maximum Gasteiger partial charge on any atom is 0.337 e. The van der Waals surface area contributed by atoms with Crippen molar-refractivity contribution in [1.82, 2.24) is 0 Å². The Morgan fingerprint density at radius 1 is 1.00 bits per heavy atom. The van der Waals surface area contributed by atoms with E-state index in [-0.39, 0.29) is 11.3 Å². The van der Waals surface area contributed by atoms with E-state index in [2.05, 4.69) is 0 Å². The SMILES string of the molecule is Nc1ccc(-c2ccc(F)c(F)c2)cc1C(=O)O. The highest BCUT2D eigenvalue weighted by Crippen LogP contribution is 2.25. The first-order valence-corrected chi connectivity index (χ1v) is 5.07. The van der Waals surface area contributed by atoms with Crippen LogP contribution in [0.5, 0.6) is 0 Å². The van der Waals surface area contributed by atoms with Crippen LogP contribution in [0.3, 0.4) is 0 Å². The normalized spacial score (nSPS) is 10.3. The summed E-state index contributed by atoms with van der Waals surface area (Å²) >= 11 is 0. The fourth-order valence-corrected chi connectivity index (χ4v) is 1.60. The number of carboxylic acid groups (broad SMARTS) is 1. The zero-order valence-electron chi connectivity index (χ0n) is 9.15. The Bertz CT molecular complexity index is 626. The molecular formula is C13H9F2NO2.